The van der Waals surface area contributed by atoms with E-state index < -0.39 is 0 Å². The lowest BCUT2D eigenvalue weighted by Crippen LogP contribution is -2.13. The molecule has 0 aliphatic heterocycles. The van der Waals surface area contributed by atoms with Crippen molar-refractivity contribution in [1.29, 1.82) is 0 Å². The number of hydrogen-bond donors (Lipinski definition) is 2. The molecule has 3 aromatic rings. The van der Waals surface area contributed by atoms with Gasteiger partial charge in [-0.3, -0.25) is 10.1 Å². The molecule has 3 rings (SSSR count). The third kappa shape index (κ3) is 2.23. The van der Waals surface area contributed by atoms with Gasteiger partial charge in [-0.15, -0.1) is 10.2 Å². The van der Waals surface area contributed by atoms with E-state index in [-0.39, 0.29) is 5.91 Å². The monoisotopic (exact) mass is 271 g/mol. The molecule has 0 saturated carbocycles. The van der Waals surface area contributed by atoms with Crippen LogP contribution in [0.4, 0.5) is 10.9 Å². The number of nitrogens with zero attached hydrogens (tertiary/aromatic N) is 3. The minimum atomic E-state index is -0.276. The smallest absolute Gasteiger partial charge is 0.258 e. The maximum atomic E-state index is 12.2. The number of aromatic nitrogens is 3. The van der Waals surface area contributed by atoms with E-state index in [2.05, 4.69) is 20.5 Å². The molecule has 0 fully saturated rings. The van der Waals surface area contributed by atoms with Crippen LogP contribution in [0.25, 0.3) is 10.9 Å². The van der Waals surface area contributed by atoms with Gasteiger partial charge in [0.1, 0.15) is 11.3 Å². The first-order valence-corrected chi connectivity index (χ1v) is 6.35. The van der Waals surface area contributed by atoms with Crippen molar-refractivity contribution in [3.63, 3.8) is 0 Å². The maximum absolute atomic E-state index is 12.2. The first kappa shape index (κ1) is 11.5. The molecular weight excluding hydrogens is 262 g/mol. The summed E-state index contributed by atoms with van der Waals surface area (Å²) < 4.78 is 0. The number of hydrogen-bond acceptors (Lipinski definition) is 6. The molecule has 7 heteroatoms. The molecule has 1 aromatic carbocycles. The van der Waals surface area contributed by atoms with Crippen molar-refractivity contribution in [3.05, 3.63) is 41.4 Å². The number of pyridine rings is 1. The summed E-state index contributed by atoms with van der Waals surface area (Å²) in [6.07, 6.45) is 0. The molecule has 19 heavy (non-hydrogen) atoms. The Kier molecular flexibility index (Phi) is 2.81. The molecule has 1 amide bonds. The van der Waals surface area contributed by atoms with Crippen LogP contribution in [0.5, 0.6) is 0 Å². The van der Waals surface area contributed by atoms with E-state index >= 15 is 0 Å². The summed E-state index contributed by atoms with van der Waals surface area (Å²) in [5.41, 5.74) is 8.43. The van der Waals surface area contributed by atoms with E-state index in [9.17, 15) is 4.79 Å². The van der Waals surface area contributed by atoms with Crippen molar-refractivity contribution >= 4 is 39.1 Å². The molecule has 6 nitrogen and oxygen atoms in total. The summed E-state index contributed by atoms with van der Waals surface area (Å²) in [5.74, 6) is 0.0307. The van der Waals surface area contributed by atoms with Gasteiger partial charge in [0.2, 0.25) is 5.13 Å². The second-order valence-corrected chi connectivity index (χ2v) is 4.64. The van der Waals surface area contributed by atoms with Crippen LogP contribution >= 0.6 is 11.3 Å². The fraction of sp³-hybridized carbons (Fsp3) is 0. The van der Waals surface area contributed by atoms with Crippen LogP contribution < -0.4 is 11.1 Å². The Hall–Kier alpha value is -2.54. The first-order valence-electron chi connectivity index (χ1n) is 5.47. The molecule has 2 heterocycles. The second-order valence-electron chi connectivity index (χ2n) is 3.81. The van der Waals surface area contributed by atoms with Crippen LogP contribution in [0.1, 0.15) is 10.4 Å². The SMILES string of the molecule is Nc1cc(C(=O)Nc2nncs2)c2ccccc2n1. The Labute approximate surface area is 112 Å². The standard InChI is InChI=1S/C12H9N5OS/c13-10-5-8(7-3-1-2-4-9(7)15-10)11(18)16-12-17-14-6-19-12/h1-6H,(H2,13,15)(H,16,17,18). The van der Waals surface area contributed by atoms with Crippen LogP contribution in [-0.2, 0) is 0 Å². The van der Waals surface area contributed by atoms with E-state index in [1.165, 1.54) is 11.3 Å². The van der Waals surface area contributed by atoms with Crippen LogP contribution in [0.3, 0.4) is 0 Å². The van der Waals surface area contributed by atoms with Gasteiger partial charge in [0.15, 0.2) is 0 Å². The Bertz CT molecular complexity index is 741. The van der Waals surface area contributed by atoms with Crippen molar-refractivity contribution in [2.75, 3.05) is 11.1 Å². The molecule has 0 spiro atoms. The Morgan fingerprint density at radius 1 is 1.32 bits per heavy atom. The van der Waals surface area contributed by atoms with E-state index in [0.29, 0.717) is 22.0 Å². The summed E-state index contributed by atoms with van der Waals surface area (Å²) in [6, 6.07) is 8.89. The van der Waals surface area contributed by atoms with Crippen molar-refractivity contribution in [2.45, 2.75) is 0 Å². The normalized spacial score (nSPS) is 10.5. The van der Waals surface area contributed by atoms with E-state index in [1.54, 1.807) is 11.6 Å². The fourth-order valence-electron chi connectivity index (χ4n) is 1.78. The highest BCUT2D eigenvalue weighted by molar-refractivity contribution is 7.13. The summed E-state index contributed by atoms with van der Waals surface area (Å²) in [7, 11) is 0. The zero-order valence-electron chi connectivity index (χ0n) is 9.70. The van der Waals surface area contributed by atoms with Gasteiger partial charge >= 0.3 is 0 Å². The van der Waals surface area contributed by atoms with Crippen molar-refractivity contribution < 1.29 is 4.79 Å². The number of para-hydroxylation sites is 1. The molecule has 0 unspecified atom stereocenters. The van der Waals surface area contributed by atoms with Crippen LogP contribution in [0, 0.1) is 0 Å². The highest BCUT2D eigenvalue weighted by atomic mass is 32.1. The van der Waals surface area contributed by atoms with Crippen molar-refractivity contribution in [1.82, 2.24) is 15.2 Å². The minimum absolute atomic E-state index is 0.276. The number of nitrogens with one attached hydrogen (secondary N) is 1. The number of benzene rings is 1. The molecule has 94 valence electrons. The highest BCUT2D eigenvalue weighted by Crippen LogP contribution is 2.21. The van der Waals surface area contributed by atoms with Gasteiger partial charge in [0.25, 0.3) is 5.91 Å². The van der Waals surface area contributed by atoms with Crippen molar-refractivity contribution in [2.24, 2.45) is 0 Å². The zero-order chi connectivity index (χ0) is 13.2. The van der Waals surface area contributed by atoms with E-state index in [1.807, 2.05) is 24.3 Å². The van der Waals surface area contributed by atoms with Crippen molar-refractivity contribution in [3.8, 4) is 0 Å². The summed E-state index contributed by atoms with van der Waals surface area (Å²) in [4.78, 5) is 16.4. The lowest BCUT2D eigenvalue weighted by molar-refractivity contribution is 0.102. The van der Waals surface area contributed by atoms with Crippen LogP contribution in [-0.4, -0.2) is 21.1 Å². The molecule has 0 atom stereocenters. The van der Waals surface area contributed by atoms with Crippen LogP contribution in [0.15, 0.2) is 35.8 Å². The van der Waals surface area contributed by atoms with Gasteiger partial charge in [0.05, 0.1) is 11.1 Å². The number of anilines is 2. The minimum Gasteiger partial charge on any atom is -0.384 e. The average Bonchev–Trinajstić information content (AvgIpc) is 2.90. The Morgan fingerprint density at radius 3 is 2.95 bits per heavy atom. The molecule has 0 aliphatic rings. The summed E-state index contributed by atoms with van der Waals surface area (Å²) in [6.45, 7) is 0. The third-order valence-corrected chi connectivity index (χ3v) is 3.17. The zero-order valence-corrected chi connectivity index (χ0v) is 10.5. The predicted octanol–water partition coefficient (Wildman–Crippen LogP) is 1.92. The third-order valence-electron chi connectivity index (χ3n) is 2.56. The topological polar surface area (TPSA) is 93.8 Å². The van der Waals surface area contributed by atoms with E-state index in [0.717, 1.165) is 5.39 Å². The van der Waals surface area contributed by atoms with Crippen LogP contribution in [0.2, 0.25) is 0 Å². The molecule has 0 radical (unpaired) electrons. The Morgan fingerprint density at radius 2 is 2.16 bits per heavy atom. The second kappa shape index (κ2) is 4.62. The molecule has 0 bridgehead atoms. The van der Waals surface area contributed by atoms with Gasteiger partial charge in [-0.2, -0.15) is 0 Å². The number of nitrogens with two attached hydrogens (primary N) is 1. The molecule has 3 N–H and O–H groups in total. The number of carbonyl (C=O) groups is 1. The molecular formula is C12H9N5OS. The first-order chi connectivity index (χ1) is 9.24. The lowest BCUT2D eigenvalue weighted by atomic mass is 10.1. The summed E-state index contributed by atoms with van der Waals surface area (Å²) in [5, 5.41) is 11.3. The average molecular weight is 271 g/mol. The fourth-order valence-corrected chi connectivity index (χ4v) is 2.22. The number of carbonyl (C=O) groups excluding carboxylic acids is 1. The maximum Gasteiger partial charge on any atom is 0.258 e. The van der Waals surface area contributed by atoms with E-state index in [4.69, 9.17) is 5.73 Å². The Balaban J connectivity index is 2.06. The van der Waals surface area contributed by atoms with Gasteiger partial charge in [-0.1, -0.05) is 29.5 Å². The quantitative estimate of drug-likeness (QED) is 0.742. The highest BCUT2D eigenvalue weighted by Gasteiger charge is 2.13. The summed E-state index contributed by atoms with van der Waals surface area (Å²) >= 11 is 1.25. The van der Waals surface area contributed by atoms with Gasteiger partial charge in [0, 0.05) is 5.39 Å². The number of rotatable bonds is 2. The largest absolute Gasteiger partial charge is 0.384 e. The number of amides is 1. The van der Waals surface area contributed by atoms with Gasteiger partial charge in [-0.05, 0) is 12.1 Å². The molecule has 2 aromatic heterocycles. The van der Waals surface area contributed by atoms with Gasteiger partial charge in [-0.25, -0.2) is 4.98 Å². The molecule has 0 saturated heterocycles. The molecule has 0 aliphatic carbocycles. The number of nitrogen functional groups attached to an aromatic ring is 1. The number of fused-ring (bicyclic) bond motifs is 1. The van der Waals surface area contributed by atoms with Gasteiger partial charge < -0.3 is 5.73 Å². The lowest BCUT2D eigenvalue weighted by Gasteiger charge is -2.06. The predicted molar refractivity (Wildman–Crippen MR) is 74.0 cm³/mol.